The van der Waals surface area contributed by atoms with Crippen LogP contribution in [0.2, 0.25) is 0 Å². The van der Waals surface area contributed by atoms with Crippen molar-refractivity contribution in [2.45, 2.75) is 33.2 Å². The summed E-state index contributed by atoms with van der Waals surface area (Å²) in [7, 11) is 0. The molecule has 2 aromatic heterocycles. The number of hydrogen-bond donors (Lipinski definition) is 0. The predicted octanol–water partition coefficient (Wildman–Crippen LogP) is 2.66. The van der Waals surface area contributed by atoms with Gasteiger partial charge in [0.05, 0.1) is 17.2 Å². The standard InChI is InChI=1S/C14H15N3OS/c1-9(2)13-16-12(8-19-13)7-17-10(3)4-5-11(6-15)14(17)18/h4-5,8-9H,7H2,1-3H3. The third-order valence-corrected chi connectivity index (χ3v) is 4.09. The molecule has 5 heteroatoms. The van der Waals surface area contributed by atoms with E-state index in [0.717, 1.165) is 16.4 Å². The molecule has 19 heavy (non-hydrogen) atoms. The fraction of sp³-hybridized carbons (Fsp3) is 0.357. The number of rotatable bonds is 3. The SMILES string of the molecule is Cc1ccc(C#N)c(=O)n1Cc1csc(C(C)C)n1. The normalized spacial score (nSPS) is 10.7. The predicted molar refractivity (Wildman–Crippen MR) is 75.5 cm³/mol. The van der Waals surface area contributed by atoms with Crippen molar-refractivity contribution >= 4 is 11.3 Å². The van der Waals surface area contributed by atoms with Crippen LogP contribution in [0.15, 0.2) is 22.3 Å². The molecule has 0 saturated heterocycles. The maximum atomic E-state index is 12.1. The zero-order chi connectivity index (χ0) is 14.0. The third kappa shape index (κ3) is 2.74. The molecule has 0 spiro atoms. The molecule has 2 aromatic rings. The molecule has 0 aliphatic heterocycles. The molecule has 0 aliphatic rings. The van der Waals surface area contributed by atoms with Gasteiger partial charge in [0, 0.05) is 17.0 Å². The molecule has 0 aliphatic carbocycles. The summed E-state index contributed by atoms with van der Waals surface area (Å²) in [6.07, 6.45) is 0. The number of thiazole rings is 1. The molecule has 4 nitrogen and oxygen atoms in total. The van der Waals surface area contributed by atoms with E-state index < -0.39 is 0 Å². The van der Waals surface area contributed by atoms with Crippen molar-refractivity contribution in [3.05, 3.63) is 49.8 Å². The van der Waals surface area contributed by atoms with E-state index in [2.05, 4.69) is 18.8 Å². The molecule has 0 aromatic carbocycles. The van der Waals surface area contributed by atoms with Crippen molar-refractivity contribution < 1.29 is 0 Å². The number of pyridine rings is 1. The van der Waals surface area contributed by atoms with Gasteiger partial charge in [0.25, 0.3) is 5.56 Å². The van der Waals surface area contributed by atoms with E-state index in [0.29, 0.717) is 12.5 Å². The second-order valence-electron chi connectivity index (χ2n) is 4.72. The Morgan fingerprint density at radius 2 is 2.21 bits per heavy atom. The van der Waals surface area contributed by atoms with Gasteiger partial charge in [-0.1, -0.05) is 13.8 Å². The number of aryl methyl sites for hydroxylation is 1. The fourth-order valence-corrected chi connectivity index (χ4v) is 2.60. The van der Waals surface area contributed by atoms with Crippen LogP contribution >= 0.6 is 11.3 Å². The first-order chi connectivity index (χ1) is 9.02. The van der Waals surface area contributed by atoms with Crippen molar-refractivity contribution in [2.75, 3.05) is 0 Å². The Hall–Kier alpha value is -1.93. The molecular weight excluding hydrogens is 258 g/mol. The Kier molecular flexibility index (Phi) is 3.82. The van der Waals surface area contributed by atoms with Gasteiger partial charge in [-0.25, -0.2) is 4.98 Å². The van der Waals surface area contributed by atoms with Gasteiger partial charge in [0.2, 0.25) is 0 Å². The number of hydrogen-bond acceptors (Lipinski definition) is 4. The first-order valence-electron chi connectivity index (χ1n) is 6.07. The first kappa shape index (κ1) is 13.5. The second-order valence-corrected chi connectivity index (χ2v) is 5.61. The summed E-state index contributed by atoms with van der Waals surface area (Å²) >= 11 is 1.61. The molecule has 0 radical (unpaired) electrons. The van der Waals surface area contributed by atoms with E-state index in [9.17, 15) is 4.79 Å². The Labute approximate surface area is 116 Å². The summed E-state index contributed by atoms with van der Waals surface area (Å²) in [4.78, 5) is 16.6. The zero-order valence-corrected chi connectivity index (χ0v) is 12.0. The lowest BCUT2D eigenvalue weighted by atomic mass is 10.2. The van der Waals surface area contributed by atoms with E-state index in [1.807, 2.05) is 18.4 Å². The molecule has 0 atom stereocenters. The summed E-state index contributed by atoms with van der Waals surface area (Å²) in [5.74, 6) is 0.391. The van der Waals surface area contributed by atoms with Crippen LogP contribution in [0, 0.1) is 18.3 Å². The van der Waals surface area contributed by atoms with E-state index >= 15 is 0 Å². The molecule has 2 heterocycles. The monoisotopic (exact) mass is 273 g/mol. The summed E-state index contributed by atoms with van der Waals surface area (Å²) in [6, 6.07) is 5.27. The van der Waals surface area contributed by atoms with Crippen molar-refractivity contribution in [3.63, 3.8) is 0 Å². The van der Waals surface area contributed by atoms with Gasteiger partial charge in [-0.2, -0.15) is 5.26 Å². The van der Waals surface area contributed by atoms with Crippen LogP contribution < -0.4 is 5.56 Å². The van der Waals surface area contributed by atoms with Crippen LogP contribution in [0.25, 0.3) is 0 Å². The summed E-state index contributed by atoms with van der Waals surface area (Å²) in [5, 5.41) is 11.9. The van der Waals surface area contributed by atoms with Gasteiger partial charge in [-0.3, -0.25) is 4.79 Å². The average molecular weight is 273 g/mol. The van der Waals surface area contributed by atoms with Crippen LogP contribution in [-0.4, -0.2) is 9.55 Å². The maximum Gasteiger partial charge on any atom is 0.269 e. The molecule has 0 N–H and O–H groups in total. The molecule has 0 fully saturated rings. The summed E-state index contributed by atoms with van der Waals surface area (Å²) < 4.78 is 1.59. The van der Waals surface area contributed by atoms with Gasteiger partial charge in [-0.05, 0) is 19.1 Å². The lowest BCUT2D eigenvalue weighted by Gasteiger charge is -2.08. The largest absolute Gasteiger partial charge is 0.306 e. The third-order valence-electron chi connectivity index (χ3n) is 2.90. The Bertz CT molecular complexity index is 691. The van der Waals surface area contributed by atoms with Crippen molar-refractivity contribution in [3.8, 4) is 6.07 Å². The lowest BCUT2D eigenvalue weighted by molar-refractivity contribution is 0.707. The zero-order valence-electron chi connectivity index (χ0n) is 11.2. The minimum Gasteiger partial charge on any atom is -0.306 e. The molecule has 0 amide bonds. The van der Waals surface area contributed by atoms with Crippen LogP contribution in [0.1, 0.15) is 41.7 Å². The first-order valence-corrected chi connectivity index (χ1v) is 6.95. The van der Waals surface area contributed by atoms with Crippen molar-refractivity contribution in [1.29, 1.82) is 5.26 Å². The summed E-state index contributed by atoms with van der Waals surface area (Å²) in [6.45, 7) is 6.47. The van der Waals surface area contributed by atoms with Crippen molar-refractivity contribution in [2.24, 2.45) is 0 Å². The van der Waals surface area contributed by atoms with Gasteiger partial charge >= 0.3 is 0 Å². The van der Waals surface area contributed by atoms with Crippen LogP contribution in [-0.2, 0) is 6.54 Å². The number of nitrogens with zero attached hydrogens (tertiary/aromatic N) is 3. The van der Waals surface area contributed by atoms with Crippen molar-refractivity contribution in [1.82, 2.24) is 9.55 Å². The minimum absolute atomic E-state index is 0.171. The van der Waals surface area contributed by atoms with Crippen LogP contribution in [0.3, 0.4) is 0 Å². The number of aromatic nitrogens is 2. The molecule has 0 saturated carbocycles. The Balaban J connectivity index is 2.38. The lowest BCUT2D eigenvalue weighted by Crippen LogP contribution is -2.25. The van der Waals surface area contributed by atoms with Gasteiger partial charge in [-0.15, -0.1) is 11.3 Å². The molecule has 0 bridgehead atoms. The van der Waals surface area contributed by atoms with E-state index in [1.165, 1.54) is 0 Å². The van der Waals surface area contributed by atoms with Gasteiger partial charge in [0.15, 0.2) is 0 Å². The number of nitriles is 1. The molecular formula is C14H15N3OS. The molecule has 98 valence electrons. The van der Waals surface area contributed by atoms with E-state index in [4.69, 9.17) is 5.26 Å². The molecule has 2 rings (SSSR count). The van der Waals surface area contributed by atoms with E-state index in [-0.39, 0.29) is 11.1 Å². The summed E-state index contributed by atoms with van der Waals surface area (Å²) in [5.41, 5.74) is 1.63. The highest BCUT2D eigenvalue weighted by atomic mass is 32.1. The highest BCUT2D eigenvalue weighted by molar-refractivity contribution is 7.09. The van der Waals surface area contributed by atoms with E-state index in [1.54, 1.807) is 28.0 Å². The highest BCUT2D eigenvalue weighted by Crippen LogP contribution is 2.19. The van der Waals surface area contributed by atoms with Gasteiger partial charge in [0.1, 0.15) is 11.6 Å². The smallest absolute Gasteiger partial charge is 0.269 e. The van der Waals surface area contributed by atoms with Crippen LogP contribution in [0.5, 0.6) is 0 Å². The maximum absolute atomic E-state index is 12.1. The Morgan fingerprint density at radius 1 is 1.47 bits per heavy atom. The fourth-order valence-electron chi connectivity index (χ4n) is 1.77. The van der Waals surface area contributed by atoms with Crippen LogP contribution in [0.4, 0.5) is 0 Å². The highest BCUT2D eigenvalue weighted by Gasteiger charge is 2.10. The second kappa shape index (κ2) is 5.37. The minimum atomic E-state index is -0.249. The quantitative estimate of drug-likeness (QED) is 0.863. The Morgan fingerprint density at radius 3 is 2.79 bits per heavy atom. The average Bonchev–Trinajstić information content (AvgIpc) is 2.83. The van der Waals surface area contributed by atoms with Gasteiger partial charge < -0.3 is 4.57 Å². The topological polar surface area (TPSA) is 58.7 Å². The molecule has 0 unspecified atom stereocenters.